The second-order valence-electron chi connectivity index (χ2n) is 4.08. The molecule has 0 bridgehead atoms. The Morgan fingerprint density at radius 3 is 3.00 bits per heavy atom. The van der Waals surface area contributed by atoms with Crippen LogP contribution in [0, 0.1) is 0 Å². The third kappa shape index (κ3) is 4.06. The number of nitrogens with zero attached hydrogens (tertiary/aromatic N) is 2. The van der Waals surface area contributed by atoms with Gasteiger partial charge in [0.15, 0.2) is 15.7 Å². The number of aromatic nitrogens is 2. The fraction of sp³-hybridized carbons (Fsp3) is 0.778. The van der Waals surface area contributed by atoms with E-state index in [-0.39, 0.29) is 17.7 Å². The highest BCUT2D eigenvalue weighted by Crippen LogP contribution is 2.07. The van der Waals surface area contributed by atoms with Crippen molar-refractivity contribution >= 4 is 9.84 Å². The minimum absolute atomic E-state index is 0.00952. The van der Waals surface area contributed by atoms with Gasteiger partial charge < -0.3 is 14.6 Å². The number of rotatable bonds is 4. The van der Waals surface area contributed by atoms with Crippen LogP contribution in [0.4, 0.5) is 0 Å². The van der Waals surface area contributed by atoms with Crippen molar-refractivity contribution in [3.8, 4) is 0 Å². The number of sulfone groups is 1. The molecule has 0 aromatic carbocycles. The third-order valence-corrected chi connectivity index (χ3v) is 3.09. The molecule has 1 saturated heterocycles. The minimum Gasteiger partial charge on any atom is -0.375 e. The molecular formula is C9H15N3O4S. The van der Waals surface area contributed by atoms with Gasteiger partial charge in [-0.15, -0.1) is 0 Å². The lowest BCUT2D eigenvalue weighted by Crippen LogP contribution is -2.39. The SMILES string of the molecule is CS(=O)(=O)Cc1noc(CC2CNCCO2)n1. The topological polar surface area (TPSA) is 94.3 Å². The molecule has 8 heteroatoms. The largest absolute Gasteiger partial charge is 0.375 e. The number of nitrogens with one attached hydrogen (secondary N) is 1. The quantitative estimate of drug-likeness (QED) is 0.754. The van der Waals surface area contributed by atoms with Crippen molar-refractivity contribution in [2.45, 2.75) is 18.3 Å². The summed E-state index contributed by atoms with van der Waals surface area (Å²) in [5, 5.41) is 6.82. The molecule has 96 valence electrons. The van der Waals surface area contributed by atoms with E-state index in [0.29, 0.717) is 18.9 Å². The first-order valence-corrected chi connectivity index (χ1v) is 7.40. The van der Waals surface area contributed by atoms with E-state index in [0.717, 1.165) is 19.3 Å². The highest BCUT2D eigenvalue weighted by molar-refractivity contribution is 7.89. The maximum absolute atomic E-state index is 11.0. The van der Waals surface area contributed by atoms with Gasteiger partial charge in [-0.25, -0.2) is 8.42 Å². The van der Waals surface area contributed by atoms with Gasteiger partial charge in [0.1, 0.15) is 5.75 Å². The molecule has 0 spiro atoms. The van der Waals surface area contributed by atoms with Gasteiger partial charge in [-0.1, -0.05) is 5.16 Å². The van der Waals surface area contributed by atoms with Crippen LogP contribution in [0.25, 0.3) is 0 Å². The van der Waals surface area contributed by atoms with Crippen molar-refractivity contribution in [3.63, 3.8) is 0 Å². The first-order valence-electron chi connectivity index (χ1n) is 5.34. The van der Waals surface area contributed by atoms with Crippen LogP contribution in [0.2, 0.25) is 0 Å². The van der Waals surface area contributed by atoms with Gasteiger partial charge in [0.25, 0.3) is 0 Å². The zero-order chi connectivity index (χ0) is 12.3. The maximum Gasteiger partial charge on any atom is 0.229 e. The van der Waals surface area contributed by atoms with Crippen LogP contribution in [0.15, 0.2) is 4.52 Å². The second-order valence-corrected chi connectivity index (χ2v) is 6.22. The van der Waals surface area contributed by atoms with Crippen molar-refractivity contribution in [1.82, 2.24) is 15.5 Å². The second kappa shape index (κ2) is 5.11. The zero-order valence-electron chi connectivity index (χ0n) is 9.55. The fourth-order valence-corrected chi connectivity index (χ4v) is 2.20. The zero-order valence-corrected chi connectivity index (χ0v) is 10.4. The Bertz CT molecular complexity index is 464. The van der Waals surface area contributed by atoms with Crippen LogP contribution < -0.4 is 5.32 Å². The van der Waals surface area contributed by atoms with E-state index in [1.54, 1.807) is 0 Å². The standard InChI is InChI=1S/C9H15N3O4S/c1-17(13,14)6-8-11-9(16-12-8)4-7-5-10-2-3-15-7/h7,10H,2-6H2,1H3. The summed E-state index contributed by atoms with van der Waals surface area (Å²) in [6.07, 6.45) is 1.65. The van der Waals surface area contributed by atoms with Crippen molar-refractivity contribution in [2.75, 3.05) is 26.0 Å². The Morgan fingerprint density at radius 1 is 1.53 bits per heavy atom. The number of morpholine rings is 1. The molecule has 1 aliphatic heterocycles. The van der Waals surface area contributed by atoms with Gasteiger partial charge in [-0.3, -0.25) is 0 Å². The smallest absolute Gasteiger partial charge is 0.229 e. The molecule has 1 atom stereocenters. The summed E-state index contributed by atoms with van der Waals surface area (Å²) in [6, 6.07) is 0. The fourth-order valence-electron chi connectivity index (χ4n) is 1.61. The molecule has 1 N–H and O–H groups in total. The Labute approximate surface area is 99.5 Å². The Balaban J connectivity index is 1.93. The highest BCUT2D eigenvalue weighted by atomic mass is 32.2. The highest BCUT2D eigenvalue weighted by Gasteiger charge is 2.18. The summed E-state index contributed by atoms with van der Waals surface area (Å²) in [5.74, 6) is 0.420. The Morgan fingerprint density at radius 2 is 2.35 bits per heavy atom. The summed E-state index contributed by atoms with van der Waals surface area (Å²) in [5.41, 5.74) is 0. The van der Waals surface area contributed by atoms with E-state index in [1.165, 1.54) is 0 Å². The summed E-state index contributed by atoms with van der Waals surface area (Å²) in [4.78, 5) is 4.02. The summed E-state index contributed by atoms with van der Waals surface area (Å²) >= 11 is 0. The van der Waals surface area contributed by atoms with Crippen LogP contribution in [-0.4, -0.2) is 50.6 Å². The maximum atomic E-state index is 11.0. The molecular weight excluding hydrogens is 246 g/mol. The number of ether oxygens (including phenoxy) is 1. The van der Waals surface area contributed by atoms with Crippen LogP contribution in [0.3, 0.4) is 0 Å². The molecule has 0 saturated carbocycles. The van der Waals surface area contributed by atoms with E-state index in [4.69, 9.17) is 9.26 Å². The Hall–Kier alpha value is -0.990. The van der Waals surface area contributed by atoms with Crippen LogP contribution >= 0.6 is 0 Å². The van der Waals surface area contributed by atoms with Gasteiger partial charge in [-0.2, -0.15) is 4.98 Å². The van der Waals surface area contributed by atoms with Crippen molar-refractivity contribution in [3.05, 3.63) is 11.7 Å². The molecule has 0 radical (unpaired) electrons. The molecule has 0 aliphatic carbocycles. The molecule has 1 aliphatic rings. The van der Waals surface area contributed by atoms with Gasteiger partial charge in [0.05, 0.1) is 19.1 Å². The summed E-state index contributed by atoms with van der Waals surface area (Å²) in [7, 11) is -3.13. The van der Waals surface area contributed by atoms with Gasteiger partial charge in [-0.05, 0) is 0 Å². The lowest BCUT2D eigenvalue weighted by molar-refractivity contribution is 0.0246. The normalized spacial score (nSPS) is 21.6. The van der Waals surface area contributed by atoms with Crippen molar-refractivity contribution < 1.29 is 17.7 Å². The predicted molar refractivity (Wildman–Crippen MR) is 59.2 cm³/mol. The molecule has 7 nitrogen and oxygen atoms in total. The first-order chi connectivity index (χ1) is 8.03. The summed E-state index contributed by atoms with van der Waals surface area (Å²) < 4.78 is 32.6. The monoisotopic (exact) mass is 261 g/mol. The molecule has 2 rings (SSSR count). The molecule has 1 aromatic rings. The number of hydrogen-bond donors (Lipinski definition) is 1. The summed E-state index contributed by atoms with van der Waals surface area (Å²) in [6.45, 7) is 2.25. The molecule has 1 unspecified atom stereocenters. The van der Waals surface area contributed by atoms with E-state index < -0.39 is 9.84 Å². The van der Waals surface area contributed by atoms with Crippen LogP contribution in [0.1, 0.15) is 11.7 Å². The third-order valence-electron chi connectivity index (χ3n) is 2.31. The Kier molecular flexibility index (Phi) is 3.75. The van der Waals surface area contributed by atoms with E-state index in [1.807, 2.05) is 0 Å². The predicted octanol–water partition coefficient (Wildman–Crippen LogP) is -0.855. The first kappa shape index (κ1) is 12.5. The van der Waals surface area contributed by atoms with Crippen LogP contribution in [-0.2, 0) is 26.7 Å². The van der Waals surface area contributed by atoms with Gasteiger partial charge >= 0.3 is 0 Å². The average Bonchev–Trinajstić information content (AvgIpc) is 2.64. The molecule has 1 fully saturated rings. The molecule has 0 amide bonds. The average molecular weight is 261 g/mol. The lowest BCUT2D eigenvalue weighted by Gasteiger charge is -2.21. The lowest BCUT2D eigenvalue weighted by atomic mass is 10.2. The molecule has 2 heterocycles. The minimum atomic E-state index is -3.13. The number of hydrogen-bond acceptors (Lipinski definition) is 7. The van der Waals surface area contributed by atoms with Crippen LogP contribution in [0.5, 0.6) is 0 Å². The molecule has 1 aromatic heterocycles. The van der Waals surface area contributed by atoms with Crippen molar-refractivity contribution in [2.24, 2.45) is 0 Å². The van der Waals surface area contributed by atoms with E-state index in [2.05, 4.69) is 15.5 Å². The van der Waals surface area contributed by atoms with Gasteiger partial charge in [0, 0.05) is 19.3 Å². The van der Waals surface area contributed by atoms with E-state index in [9.17, 15) is 8.42 Å². The van der Waals surface area contributed by atoms with Crippen molar-refractivity contribution in [1.29, 1.82) is 0 Å². The van der Waals surface area contributed by atoms with Gasteiger partial charge in [0.2, 0.25) is 5.89 Å². The van der Waals surface area contributed by atoms with E-state index >= 15 is 0 Å². The molecule has 17 heavy (non-hydrogen) atoms.